The largest absolute Gasteiger partial charge is 0.315 e. The van der Waals surface area contributed by atoms with Gasteiger partial charge in [0.05, 0.1) is 17.4 Å². The van der Waals surface area contributed by atoms with Crippen LogP contribution in [0.1, 0.15) is 24.2 Å². The quantitative estimate of drug-likeness (QED) is 0.538. The number of fused-ring (bicyclic) bond motifs is 1. The van der Waals surface area contributed by atoms with Crippen LogP contribution in [0.15, 0.2) is 55.0 Å². The van der Waals surface area contributed by atoms with E-state index in [0.717, 1.165) is 37.2 Å². The molecule has 0 unspecified atom stereocenters. The van der Waals surface area contributed by atoms with Crippen molar-refractivity contribution in [2.45, 2.75) is 25.7 Å². The van der Waals surface area contributed by atoms with E-state index in [1.54, 1.807) is 6.20 Å². The van der Waals surface area contributed by atoms with Crippen LogP contribution >= 0.6 is 12.4 Å². The Morgan fingerprint density at radius 3 is 2.68 bits per heavy atom. The average Bonchev–Trinajstić information content (AvgIpc) is 3.28. The van der Waals surface area contributed by atoms with Gasteiger partial charge in [-0.1, -0.05) is 23.4 Å². The van der Waals surface area contributed by atoms with E-state index in [1.807, 2.05) is 12.3 Å². The number of hydrogen-bond donors (Lipinski definition) is 1. The Morgan fingerprint density at radius 1 is 1.00 bits per heavy atom. The summed E-state index contributed by atoms with van der Waals surface area (Å²) >= 11 is 0. The van der Waals surface area contributed by atoms with Crippen LogP contribution in [-0.4, -0.2) is 30.2 Å². The van der Waals surface area contributed by atoms with Gasteiger partial charge >= 0.3 is 0 Å². The van der Waals surface area contributed by atoms with Gasteiger partial charge in [-0.25, -0.2) is 0 Å². The summed E-state index contributed by atoms with van der Waals surface area (Å²) in [5, 5.41) is 15.4. The second kappa shape index (κ2) is 7.90. The number of nitrogens with zero attached hydrogens (tertiary/aromatic N) is 5. The third-order valence-corrected chi connectivity index (χ3v) is 4.20. The van der Waals surface area contributed by atoms with Crippen LogP contribution in [0.4, 0.5) is 0 Å². The Labute approximate surface area is 151 Å². The van der Waals surface area contributed by atoms with Crippen molar-refractivity contribution in [1.29, 1.82) is 0 Å². The van der Waals surface area contributed by atoms with E-state index in [0.29, 0.717) is 0 Å². The Balaban J connectivity index is 0.00000182. The van der Waals surface area contributed by atoms with E-state index in [4.69, 9.17) is 0 Å². The Hall–Kier alpha value is -2.73. The Morgan fingerprint density at radius 2 is 1.88 bits per heavy atom. The molecule has 0 aliphatic heterocycles. The fourth-order valence-electron chi connectivity index (χ4n) is 3.05. The maximum atomic E-state index is 4.24. The number of halogens is 1. The monoisotopic (exact) mass is 354 g/mol. The number of nitrogens with one attached hydrogen (secondary N) is 1. The highest BCUT2D eigenvalue weighted by molar-refractivity contribution is 5.86. The van der Waals surface area contributed by atoms with Gasteiger partial charge in [0, 0.05) is 24.2 Å². The first-order valence-electron chi connectivity index (χ1n) is 8.13. The highest BCUT2D eigenvalue weighted by atomic mass is 35.5. The molecule has 0 radical (unpaired) electrons. The van der Waals surface area contributed by atoms with Crippen LogP contribution in [0.3, 0.4) is 0 Å². The molecule has 0 spiro atoms. The third-order valence-electron chi connectivity index (χ3n) is 4.20. The van der Waals surface area contributed by atoms with Crippen molar-refractivity contribution in [2.75, 3.05) is 0 Å². The lowest BCUT2D eigenvalue weighted by Crippen LogP contribution is -1.92. The number of aromatic nitrogens is 6. The highest BCUT2D eigenvalue weighted by Crippen LogP contribution is 2.25. The first-order valence-corrected chi connectivity index (χ1v) is 8.13. The lowest BCUT2D eigenvalue weighted by atomic mass is 10.1. The third kappa shape index (κ3) is 3.69. The van der Waals surface area contributed by atoms with E-state index < -0.39 is 0 Å². The molecular formula is C18H19ClN6. The summed E-state index contributed by atoms with van der Waals surface area (Å²) < 4.78 is 2.22. The maximum Gasteiger partial charge on any atom is 0.174 e. The van der Waals surface area contributed by atoms with E-state index in [9.17, 15) is 0 Å². The number of rotatable bonds is 6. The number of benzene rings is 1. The van der Waals surface area contributed by atoms with Gasteiger partial charge in [0.1, 0.15) is 0 Å². The van der Waals surface area contributed by atoms with Crippen LogP contribution in [0.25, 0.3) is 16.6 Å². The smallest absolute Gasteiger partial charge is 0.174 e. The minimum atomic E-state index is 0. The van der Waals surface area contributed by atoms with Gasteiger partial charge in [0.2, 0.25) is 0 Å². The van der Waals surface area contributed by atoms with Crippen LogP contribution in [-0.2, 0) is 12.8 Å². The van der Waals surface area contributed by atoms with Gasteiger partial charge in [-0.3, -0.25) is 4.98 Å². The summed E-state index contributed by atoms with van der Waals surface area (Å²) in [6, 6.07) is 12.6. The van der Waals surface area contributed by atoms with Gasteiger partial charge < -0.3 is 4.57 Å². The summed E-state index contributed by atoms with van der Waals surface area (Å²) in [6.45, 7) is 0. The summed E-state index contributed by atoms with van der Waals surface area (Å²) in [4.78, 5) is 4.24. The molecule has 0 amide bonds. The van der Waals surface area contributed by atoms with Crippen LogP contribution in [0, 0.1) is 0 Å². The molecule has 0 saturated heterocycles. The number of aromatic amines is 1. The van der Waals surface area contributed by atoms with Crippen molar-refractivity contribution >= 4 is 23.3 Å². The topological polar surface area (TPSA) is 72.3 Å². The predicted molar refractivity (Wildman–Crippen MR) is 99.1 cm³/mol. The van der Waals surface area contributed by atoms with Gasteiger partial charge in [0.25, 0.3) is 0 Å². The van der Waals surface area contributed by atoms with Crippen LogP contribution < -0.4 is 0 Å². The van der Waals surface area contributed by atoms with Crippen molar-refractivity contribution in [1.82, 2.24) is 30.2 Å². The summed E-state index contributed by atoms with van der Waals surface area (Å²) in [5.41, 5.74) is 3.67. The minimum absolute atomic E-state index is 0. The van der Waals surface area contributed by atoms with Crippen molar-refractivity contribution in [3.63, 3.8) is 0 Å². The zero-order valence-electron chi connectivity index (χ0n) is 13.7. The van der Waals surface area contributed by atoms with Gasteiger partial charge in [-0.2, -0.15) is 5.21 Å². The second-order valence-electron chi connectivity index (χ2n) is 5.79. The van der Waals surface area contributed by atoms with Crippen molar-refractivity contribution in [3.05, 3.63) is 66.4 Å². The summed E-state index contributed by atoms with van der Waals surface area (Å²) in [5.74, 6) is 0.785. The highest BCUT2D eigenvalue weighted by Gasteiger charge is 2.09. The molecule has 1 N–H and O–H groups in total. The molecule has 3 aromatic heterocycles. The molecule has 0 bridgehead atoms. The molecule has 25 heavy (non-hydrogen) atoms. The molecule has 0 fully saturated rings. The fraction of sp³-hybridized carbons (Fsp3) is 0.222. The summed E-state index contributed by atoms with van der Waals surface area (Å²) in [7, 11) is 0. The predicted octanol–water partition coefficient (Wildman–Crippen LogP) is 3.53. The number of para-hydroxylation sites is 1. The van der Waals surface area contributed by atoms with Gasteiger partial charge in [-0.15, -0.1) is 22.6 Å². The lowest BCUT2D eigenvalue weighted by molar-refractivity contribution is 0.709. The summed E-state index contributed by atoms with van der Waals surface area (Å²) in [6.07, 6.45) is 9.96. The van der Waals surface area contributed by atoms with E-state index in [2.05, 4.69) is 66.7 Å². The number of hydrogen-bond acceptors (Lipinski definition) is 4. The number of H-pyrrole nitrogens is 1. The average molecular weight is 355 g/mol. The molecule has 6 nitrogen and oxygen atoms in total. The second-order valence-corrected chi connectivity index (χ2v) is 5.79. The Bertz CT molecular complexity index is 917. The molecule has 4 aromatic rings. The van der Waals surface area contributed by atoms with Gasteiger partial charge in [0.15, 0.2) is 5.82 Å². The SMILES string of the molecule is Cl.c1cncc(-n2cc(CCCCc3nn[nH]n3)c3ccccc32)c1. The molecule has 0 aliphatic rings. The molecule has 3 heterocycles. The molecule has 0 saturated carbocycles. The van der Waals surface area contributed by atoms with E-state index in [1.165, 1.54) is 16.5 Å². The molecule has 1 aromatic carbocycles. The van der Waals surface area contributed by atoms with Crippen LogP contribution in [0.5, 0.6) is 0 Å². The molecule has 0 aliphatic carbocycles. The van der Waals surface area contributed by atoms with Crippen molar-refractivity contribution in [2.24, 2.45) is 0 Å². The van der Waals surface area contributed by atoms with E-state index >= 15 is 0 Å². The molecule has 7 heteroatoms. The lowest BCUT2D eigenvalue weighted by Gasteiger charge is -2.03. The number of aryl methyl sites for hydroxylation is 2. The standard InChI is InChI=1S/C18H18N6.ClH/c1(4-10-18-20-22-23-21-18)6-14-13-24(15-7-5-11-19-12-15)17-9-3-2-8-16(14)17;/h2-3,5,7-9,11-13H,1,4,6,10H2,(H,20,21,22,23);1H. The zero-order chi connectivity index (χ0) is 16.2. The Kier molecular flexibility index (Phi) is 5.40. The van der Waals surface area contributed by atoms with Crippen LogP contribution in [0.2, 0.25) is 0 Å². The molecule has 4 rings (SSSR count). The first-order chi connectivity index (χ1) is 11.9. The minimum Gasteiger partial charge on any atom is -0.315 e. The van der Waals surface area contributed by atoms with E-state index in [-0.39, 0.29) is 12.4 Å². The van der Waals surface area contributed by atoms with Gasteiger partial charge in [-0.05, 0) is 43.0 Å². The fourth-order valence-corrected chi connectivity index (χ4v) is 3.05. The molecular weight excluding hydrogens is 336 g/mol. The maximum absolute atomic E-state index is 4.24. The van der Waals surface area contributed by atoms with Crippen molar-refractivity contribution < 1.29 is 0 Å². The zero-order valence-corrected chi connectivity index (χ0v) is 14.5. The molecule has 128 valence electrons. The number of pyridine rings is 1. The number of tetrazole rings is 1. The first kappa shape index (κ1) is 17.1. The normalized spacial score (nSPS) is 10.7. The molecule has 0 atom stereocenters. The van der Waals surface area contributed by atoms with Crippen molar-refractivity contribution in [3.8, 4) is 5.69 Å². The number of unbranched alkanes of at least 4 members (excludes halogenated alkanes) is 1.